The topological polar surface area (TPSA) is 111 Å². The molecular formula is C23H28N2O6S. The number of esters is 1. The average Bonchev–Trinajstić information content (AvgIpc) is 3.55. The van der Waals surface area contributed by atoms with Crippen molar-refractivity contribution in [3.63, 3.8) is 0 Å². The maximum Gasteiger partial charge on any atom is 0.316 e. The lowest BCUT2D eigenvalue weighted by Gasteiger charge is -2.18. The molecule has 0 aliphatic heterocycles. The highest BCUT2D eigenvalue weighted by Crippen LogP contribution is 2.49. The van der Waals surface area contributed by atoms with Crippen LogP contribution in [0.25, 0.3) is 0 Å². The number of sulfonamides is 1. The fraction of sp³-hybridized carbons (Fsp3) is 0.391. The molecule has 0 radical (unpaired) electrons. The van der Waals surface area contributed by atoms with Crippen LogP contribution in [-0.4, -0.2) is 40.3 Å². The van der Waals surface area contributed by atoms with Crippen LogP contribution in [0.3, 0.4) is 0 Å². The molecule has 1 atom stereocenters. The van der Waals surface area contributed by atoms with Crippen molar-refractivity contribution < 1.29 is 27.5 Å². The van der Waals surface area contributed by atoms with E-state index in [1.807, 2.05) is 12.1 Å². The van der Waals surface area contributed by atoms with E-state index in [2.05, 4.69) is 10.0 Å². The van der Waals surface area contributed by atoms with Crippen molar-refractivity contribution in [2.75, 3.05) is 25.3 Å². The predicted molar refractivity (Wildman–Crippen MR) is 121 cm³/mol. The molecule has 2 aromatic rings. The summed E-state index contributed by atoms with van der Waals surface area (Å²) in [6.45, 7) is 2.12. The third-order valence-corrected chi connectivity index (χ3v) is 6.11. The molecule has 0 spiro atoms. The van der Waals surface area contributed by atoms with Crippen molar-refractivity contribution in [2.45, 2.75) is 37.6 Å². The second-order valence-electron chi connectivity index (χ2n) is 7.85. The Labute approximate surface area is 188 Å². The minimum absolute atomic E-state index is 0.0894. The van der Waals surface area contributed by atoms with Gasteiger partial charge >= 0.3 is 5.97 Å². The molecule has 2 N–H and O–H groups in total. The molecule has 0 heterocycles. The van der Waals surface area contributed by atoms with Crippen LogP contribution >= 0.6 is 0 Å². The largest absolute Gasteiger partial charge is 0.497 e. The number of anilines is 1. The van der Waals surface area contributed by atoms with E-state index >= 15 is 0 Å². The van der Waals surface area contributed by atoms with Crippen LogP contribution < -0.4 is 14.8 Å². The molecule has 32 heavy (non-hydrogen) atoms. The van der Waals surface area contributed by atoms with Crippen LogP contribution in [0, 0.1) is 0 Å². The zero-order chi connectivity index (χ0) is 23.4. The number of hydrogen-bond donors (Lipinski definition) is 2. The first-order valence-electron chi connectivity index (χ1n) is 10.4. The number of nitrogens with one attached hydrogen (secondary N) is 2. The fourth-order valence-corrected chi connectivity index (χ4v) is 4.33. The maximum absolute atomic E-state index is 12.6. The number of carbonyl (C=O) groups is 2. The fourth-order valence-electron chi connectivity index (χ4n) is 3.60. The van der Waals surface area contributed by atoms with E-state index in [1.165, 1.54) is 7.11 Å². The molecule has 172 valence electrons. The van der Waals surface area contributed by atoms with Crippen LogP contribution in [0.2, 0.25) is 0 Å². The summed E-state index contributed by atoms with van der Waals surface area (Å²) in [7, 11) is -2.00. The van der Waals surface area contributed by atoms with Gasteiger partial charge in [-0.1, -0.05) is 24.3 Å². The quantitative estimate of drug-likeness (QED) is 0.528. The smallest absolute Gasteiger partial charge is 0.316 e. The zero-order valence-corrected chi connectivity index (χ0v) is 19.2. The van der Waals surface area contributed by atoms with E-state index in [1.54, 1.807) is 43.3 Å². The van der Waals surface area contributed by atoms with Gasteiger partial charge < -0.3 is 14.8 Å². The van der Waals surface area contributed by atoms with E-state index in [4.69, 9.17) is 9.47 Å². The Hall–Kier alpha value is -2.91. The summed E-state index contributed by atoms with van der Waals surface area (Å²) in [4.78, 5) is 24.9. The Balaban J connectivity index is 1.68. The lowest BCUT2D eigenvalue weighted by molar-refractivity contribution is -0.146. The molecular weight excluding hydrogens is 432 g/mol. The first-order valence-corrected chi connectivity index (χ1v) is 12.2. The number of rotatable bonds is 10. The zero-order valence-electron chi connectivity index (χ0n) is 18.4. The van der Waals surface area contributed by atoms with E-state index < -0.39 is 21.5 Å². The van der Waals surface area contributed by atoms with Gasteiger partial charge in [0.2, 0.25) is 15.9 Å². The standard InChI is InChI=1S/C23H28N2O6S/c1-4-31-22(27)23(13-14-23)17-7-9-18(10-8-17)24-21(26)15-20(25-32(3,28)29)16-5-11-19(30-2)12-6-16/h5-12,20,25H,4,13-15H2,1-3H3,(H,24,26)/t20-/m0/s1. The second-order valence-corrected chi connectivity index (χ2v) is 9.63. The first kappa shape index (κ1) is 23.7. The summed E-state index contributed by atoms with van der Waals surface area (Å²) in [5.41, 5.74) is 1.50. The lowest BCUT2D eigenvalue weighted by Crippen LogP contribution is -2.30. The van der Waals surface area contributed by atoms with Crippen LogP contribution in [0.4, 0.5) is 5.69 Å². The highest BCUT2D eigenvalue weighted by atomic mass is 32.2. The van der Waals surface area contributed by atoms with Gasteiger partial charge in [-0.05, 0) is 55.2 Å². The molecule has 3 rings (SSSR count). The Kier molecular flexibility index (Phi) is 7.20. The number of ether oxygens (including phenoxy) is 2. The van der Waals surface area contributed by atoms with Gasteiger partial charge in [0.25, 0.3) is 0 Å². The summed E-state index contributed by atoms with van der Waals surface area (Å²) in [6.07, 6.45) is 2.46. The number of benzene rings is 2. The van der Waals surface area contributed by atoms with Gasteiger partial charge in [0.1, 0.15) is 5.75 Å². The molecule has 0 saturated heterocycles. The highest BCUT2D eigenvalue weighted by Gasteiger charge is 2.52. The molecule has 1 amide bonds. The van der Waals surface area contributed by atoms with Gasteiger partial charge in [-0.3, -0.25) is 9.59 Å². The van der Waals surface area contributed by atoms with Crippen LogP contribution in [0.15, 0.2) is 48.5 Å². The Morgan fingerprint density at radius 3 is 2.19 bits per heavy atom. The molecule has 9 heteroatoms. The third-order valence-electron chi connectivity index (χ3n) is 5.40. The normalized spacial score (nSPS) is 15.5. The van der Waals surface area contributed by atoms with Gasteiger partial charge in [-0.2, -0.15) is 0 Å². The first-order chi connectivity index (χ1) is 15.2. The number of hydrogen-bond acceptors (Lipinski definition) is 6. The number of amides is 1. The Morgan fingerprint density at radius 2 is 1.69 bits per heavy atom. The number of methoxy groups -OCH3 is 1. The van der Waals surface area contributed by atoms with Gasteiger partial charge in [-0.25, -0.2) is 13.1 Å². The minimum Gasteiger partial charge on any atom is -0.497 e. The maximum atomic E-state index is 12.6. The van der Waals surface area contributed by atoms with Crippen molar-refractivity contribution >= 4 is 27.6 Å². The summed E-state index contributed by atoms with van der Waals surface area (Å²) in [6, 6.07) is 13.2. The molecule has 0 bridgehead atoms. The van der Waals surface area contributed by atoms with Crippen molar-refractivity contribution in [3.8, 4) is 5.75 Å². The molecule has 1 aliphatic rings. The van der Waals surface area contributed by atoms with Crippen molar-refractivity contribution in [1.82, 2.24) is 4.72 Å². The van der Waals surface area contributed by atoms with Crippen molar-refractivity contribution in [3.05, 3.63) is 59.7 Å². The Morgan fingerprint density at radius 1 is 1.06 bits per heavy atom. The van der Waals surface area contributed by atoms with Gasteiger partial charge in [0, 0.05) is 12.1 Å². The van der Waals surface area contributed by atoms with E-state index in [-0.39, 0.29) is 18.3 Å². The monoisotopic (exact) mass is 460 g/mol. The Bertz CT molecular complexity index is 1060. The van der Waals surface area contributed by atoms with Crippen LogP contribution in [-0.2, 0) is 29.8 Å². The summed E-state index contributed by atoms with van der Waals surface area (Å²) in [5, 5.41) is 2.79. The van der Waals surface area contributed by atoms with Crippen LogP contribution in [0.1, 0.15) is 43.4 Å². The molecule has 0 aromatic heterocycles. The minimum atomic E-state index is -3.54. The highest BCUT2D eigenvalue weighted by molar-refractivity contribution is 7.88. The van der Waals surface area contributed by atoms with Crippen molar-refractivity contribution in [2.24, 2.45) is 0 Å². The van der Waals surface area contributed by atoms with Gasteiger partial charge in [-0.15, -0.1) is 0 Å². The van der Waals surface area contributed by atoms with Gasteiger partial charge in [0.05, 0.1) is 31.4 Å². The SMILES string of the molecule is CCOC(=O)C1(c2ccc(NC(=O)C[C@H](NS(C)(=O)=O)c3ccc(OC)cc3)cc2)CC1. The van der Waals surface area contributed by atoms with E-state index in [9.17, 15) is 18.0 Å². The van der Waals surface area contributed by atoms with E-state index in [0.29, 0.717) is 23.6 Å². The molecule has 1 saturated carbocycles. The van der Waals surface area contributed by atoms with E-state index in [0.717, 1.165) is 24.7 Å². The molecule has 0 unspecified atom stereocenters. The molecule has 2 aromatic carbocycles. The number of carbonyl (C=O) groups excluding carboxylic acids is 2. The third kappa shape index (κ3) is 5.86. The summed E-state index contributed by atoms with van der Waals surface area (Å²) in [5.74, 6) is 0.0693. The molecule has 8 nitrogen and oxygen atoms in total. The van der Waals surface area contributed by atoms with Crippen LogP contribution in [0.5, 0.6) is 5.75 Å². The summed E-state index contributed by atoms with van der Waals surface area (Å²) >= 11 is 0. The molecule has 1 fully saturated rings. The second kappa shape index (κ2) is 9.70. The van der Waals surface area contributed by atoms with Gasteiger partial charge in [0.15, 0.2) is 0 Å². The molecule has 1 aliphatic carbocycles. The predicted octanol–water partition coefficient (Wildman–Crippen LogP) is 2.91. The average molecular weight is 461 g/mol. The lowest BCUT2D eigenvalue weighted by atomic mass is 9.96. The summed E-state index contributed by atoms with van der Waals surface area (Å²) < 4.78 is 36.4. The van der Waals surface area contributed by atoms with Crippen molar-refractivity contribution in [1.29, 1.82) is 0 Å².